The van der Waals surface area contributed by atoms with Gasteiger partial charge >= 0.3 is 12.0 Å². The normalized spacial score (nSPS) is 24.6. The molecule has 1 saturated heterocycles. The first-order valence-corrected chi connectivity index (χ1v) is 6.39. The Hall–Kier alpha value is -1.79. The van der Waals surface area contributed by atoms with Crippen molar-refractivity contribution in [1.82, 2.24) is 10.2 Å². The molecule has 1 aliphatic heterocycles. The van der Waals surface area contributed by atoms with E-state index >= 15 is 0 Å². The summed E-state index contributed by atoms with van der Waals surface area (Å²) >= 11 is 0. The number of aliphatic carboxylic acids is 1. The fourth-order valence-electron chi connectivity index (χ4n) is 2.23. The molecule has 3 amide bonds. The van der Waals surface area contributed by atoms with E-state index in [9.17, 15) is 14.4 Å². The number of hydrogen-bond acceptors (Lipinski definition) is 3. The number of carbonyl (C=O) groups is 3. The molecule has 4 N–H and O–H groups in total. The third-order valence-corrected chi connectivity index (χ3v) is 3.40. The number of carbonyl (C=O) groups excluding carboxylic acids is 2. The minimum atomic E-state index is -0.963. The van der Waals surface area contributed by atoms with E-state index in [2.05, 4.69) is 5.32 Å². The Morgan fingerprint density at radius 2 is 2.05 bits per heavy atom. The van der Waals surface area contributed by atoms with E-state index < -0.39 is 17.9 Å². The lowest BCUT2D eigenvalue weighted by molar-refractivity contribution is -0.137. The minimum Gasteiger partial charge on any atom is -0.481 e. The topological polar surface area (TPSA) is 113 Å². The van der Waals surface area contributed by atoms with Gasteiger partial charge < -0.3 is 21.1 Å². The van der Waals surface area contributed by atoms with Crippen molar-refractivity contribution < 1.29 is 19.5 Å². The van der Waals surface area contributed by atoms with Crippen molar-refractivity contribution in [2.24, 2.45) is 11.7 Å². The van der Waals surface area contributed by atoms with Crippen LogP contribution in [0.25, 0.3) is 0 Å². The summed E-state index contributed by atoms with van der Waals surface area (Å²) in [4.78, 5) is 35.3. The molecular weight excluding hydrogens is 250 g/mol. The van der Waals surface area contributed by atoms with Gasteiger partial charge in [-0.3, -0.25) is 9.59 Å². The summed E-state index contributed by atoms with van der Waals surface area (Å²) in [5.41, 5.74) is 5.27. The van der Waals surface area contributed by atoms with Crippen LogP contribution >= 0.6 is 0 Å². The molecule has 3 atom stereocenters. The SMILES string of the molecule is CC(CC(=O)O)NC(=O)N1CC(C(N)=O)CCC1C. The number of carboxylic acids is 1. The molecule has 1 fully saturated rings. The van der Waals surface area contributed by atoms with Gasteiger partial charge in [-0.1, -0.05) is 0 Å². The van der Waals surface area contributed by atoms with E-state index in [0.717, 1.165) is 0 Å². The van der Waals surface area contributed by atoms with Crippen molar-refractivity contribution in [1.29, 1.82) is 0 Å². The number of carboxylic acid groups (broad SMARTS) is 1. The van der Waals surface area contributed by atoms with Crippen LogP contribution in [0.4, 0.5) is 4.79 Å². The number of piperidine rings is 1. The van der Waals surface area contributed by atoms with E-state index in [1.165, 1.54) is 0 Å². The predicted octanol–water partition coefficient (Wildman–Crippen LogP) is 0.145. The molecule has 108 valence electrons. The lowest BCUT2D eigenvalue weighted by Gasteiger charge is -2.37. The highest BCUT2D eigenvalue weighted by Gasteiger charge is 2.32. The molecular formula is C12H21N3O4. The van der Waals surface area contributed by atoms with Gasteiger partial charge in [0, 0.05) is 18.6 Å². The second kappa shape index (κ2) is 6.40. The molecule has 0 bridgehead atoms. The van der Waals surface area contributed by atoms with E-state index in [4.69, 9.17) is 10.8 Å². The summed E-state index contributed by atoms with van der Waals surface area (Å²) in [5.74, 6) is -1.69. The molecule has 19 heavy (non-hydrogen) atoms. The number of hydrogen-bond donors (Lipinski definition) is 3. The van der Waals surface area contributed by atoms with Crippen LogP contribution in [0.1, 0.15) is 33.1 Å². The number of nitrogens with zero attached hydrogens (tertiary/aromatic N) is 1. The summed E-state index contributed by atoms with van der Waals surface area (Å²) in [5, 5.41) is 11.3. The zero-order valence-electron chi connectivity index (χ0n) is 11.3. The second-order valence-corrected chi connectivity index (χ2v) is 5.13. The summed E-state index contributed by atoms with van der Waals surface area (Å²) in [6, 6.07) is -0.772. The Morgan fingerprint density at radius 1 is 1.42 bits per heavy atom. The summed E-state index contributed by atoms with van der Waals surface area (Å²) in [6.07, 6.45) is 1.27. The Morgan fingerprint density at radius 3 is 2.58 bits per heavy atom. The molecule has 0 aromatic heterocycles. The maximum Gasteiger partial charge on any atom is 0.317 e. The third kappa shape index (κ3) is 4.42. The number of likely N-dealkylation sites (tertiary alicyclic amines) is 1. The van der Waals surface area contributed by atoms with E-state index in [1.54, 1.807) is 11.8 Å². The molecule has 7 nitrogen and oxygen atoms in total. The van der Waals surface area contributed by atoms with Crippen LogP contribution in [0.15, 0.2) is 0 Å². The van der Waals surface area contributed by atoms with Crippen LogP contribution in [0, 0.1) is 5.92 Å². The van der Waals surface area contributed by atoms with Crippen LogP contribution in [0.5, 0.6) is 0 Å². The number of urea groups is 1. The van der Waals surface area contributed by atoms with E-state index in [0.29, 0.717) is 19.4 Å². The number of nitrogens with one attached hydrogen (secondary N) is 1. The Labute approximate surface area is 112 Å². The third-order valence-electron chi connectivity index (χ3n) is 3.40. The van der Waals surface area contributed by atoms with Crippen LogP contribution < -0.4 is 11.1 Å². The smallest absolute Gasteiger partial charge is 0.317 e. The predicted molar refractivity (Wildman–Crippen MR) is 68.3 cm³/mol. The highest BCUT2D eigenvalue weighted by Crippen LogP contribution is 2.21. The molecule has 0 radical (unpaired) electrons. The Balaban J connectivity index is 2.58. The lowest BCUT2D eigenvalue weighted by Crippen LogP contribution is -2.53. The fourth-order valence-corrected chi connectivity index (χ4v) is 2.23. The van der Waals surface area contributed by atoms with Crippen molar-refractivity contribution in [3.8, 4) is 0 Å². The zero-order valence-corrected chi connectivity index (χ0v) is 11.3. The van der Waals surface area contributed by atoms with Crippen LogP contribution in [-0.4, -0.2) is 46.5 Å². The van der Waals surface area contributed by atoms with E-state index in [1.807, 2.05) is 6.92 Å². The molecule has 1 rings (SSSR count). The van der Waals surface area contributed by atoms with Crippen molar-refractivity contribution in [3.63, 3.8) is 0 Å². The second-order valence-electron chi connectivity index (χ2n) is 5.13. The van der Waals surface area contributed by atoms with Crippen molar-refractivity contribution >= 4 is 17.9 Å². The molecule has 0 aromatic rings. The van der Waals surface area contributed by atoms with Crippen LogP contribution in [-0.2, 0) is 9.59 Å². The van der Waals surface area contributed by atoms with Crippen molar-refractivity contribution in [2.45, 2.75) is 45.2 Å². The fraction of sp³-hybridized carbons (Fsp3) is 0.750. The first-order chi connectivity index (χ1) is 8.81. The Bertz CT molecular complexity index is 372. The molecule has 0 aromatic carbocycles. The molecule has 0 aliphatic carbocycles. The average molecular weight is 271 g/mol. The zero-order chi connectivity index (χ0) is 14.6. The summed E-state index contributed by atoms with van der Waals surface area (Å²) < 4.78 is 0. The van der Waals surface area contributed by atoms with Gasteiger partial charge in [-0.25, -0.2) is 4.79 Å². The van der Waals surface area contributed by atoms with Gasteiger partial charge in [-0.15, -0.1) is 0 Å². The first kappa shape index (κ1) is 15.3. The van der Waals surface area contributed by atoms with E-state index in [-0.39, 0.29) is 24.4 Å². The van der Waals surface area contributed by atoms with Gasteiger partial charge in [-0.05, 0) is 26.7 Å². The number of amides is 3. The van der Waals surface area contributed by atoms with Gasteiger partial charge in [0.2, 0.25) is 5.91 Å². The average Bonchev–Trinajstić information content (AvgIpc) is 2.27. The highest BCUT2D eigenvalue weighted by atomic mass is 16.4. The molecule has 1 heterocycles. The Kier molecular flexibility index (Phi) is 5.14. The van der Waals surface area contributed by atoms with Gasteiger partial charge in [0.25, 0.3) is 0 Å². The molecule has 3 unspecified atom stereocenters. The maximum absolute atomic E-state index is 12.0. The van der Waals surface area contributed by atoms with Crippen LogP contribution in [0.3, 0.4) is 0 Å². The monoisotopic (exact) mass is 271 g/mol. The minimum absolute atomic E-state index is 0.0210. The van der Waals surface area contributed by atoms with Gasteiger partial charge in [0.05, 0.1) is 12.3 Å². The van der Waals surface area contributed by atoms with Gasteiger partial charge in [0.1, 0.15) is 0 Å². The first-order valence-electron chi connectivity index (χ1n) is 6.39. The molecule has 0 spiro atoms. The van der Waals surface area contributed by atoms with Gasteiger partial charge in [0.15, 0.2) is 0 Å². The highest BCUT2D eigenvalue weighted by molar-refractivity contribution is 5.80. The largest absolute Gasteiger partial charge is 0.481 e. The molecule has 1 aliphatic rings. The van der Waals surface area contributed by atoms with Crippen molar-refractivity contribution in [3.05, 3.63) is 0 Å². The van der Waals surface area contributed by atoms with Crippen molar-refractivity contribution in [2.75, 3.05) is 6.54 Å². The number of nitrogens with two attached hydrogens (primary N) is 1. The maximum atomic E-state index is 12.0. The number of primary amides is 1. The number of rotatable bonds is 4. The molecule has 0 saturated carbocycles. The lowest BCUT2D eigenvalue weighted by atomic mass is 9.93. The quantitative estimate of drug-likeness (QED) is 0.675. The van der Waals surface area contributed by atoms with Gasteiger partial charge in [-0.2, -0.15) is 0 Å². The standard InChI is InChI=1S/C12H21N3O4/c1-7(5-10(16)17)14-12(19)15-6-9(11(13)18)4-3-8(15)2/h7-9H,3-6H2,1-2H3,(H2,13,18)(H,14,19)(H,16,17). The summed E-state index contributed by atoms with van der Waals surface area (Å²) in [7, 11) is 0. The molecule has 7 heteroatoms. The van der Waals surface area contributed by atoms with Crippen LogP contribution in [0.2, 0.25) is 0 Å². The summed E-state index contributed by atoms with van der Waals surface area (Å²) in [6.45, 7) is 3.83.